The van der Waals surface area contributed by atoms with Gasteiger partial charge >= 0.3 is 6.18 Å². The first-order valence-corrected chi connectivity index (χ1v) is 9.84. The zero-order valence-corrected chi connectivity index (χ0v) is 19.5. The van der Waals surface area contributed by atoms with E-state index in [4.69, 9.17) is 4.74 Å². The van der Waals surface area contributed by atoms with Gasteiger partial charge in [-0.05, 0) is 12.8 Å². The largest absolute Gasteiger partial charge is 0.406 e. The molecular formula is C18H33F3IN5O2. The standard InChI is InChI=1S/C18H32F3N5O2.HI/c1-22-16(23-12-15(27)25(2)14-18(19,20)21)24-13-17(6-4-3-5-7-17)26-8-10-28-11-9-26;/h3-14H2,1-2H3,(H2,22,23,24);1H. The third kappa shape index (κ3) is 8.44. The summed E-state index contributed by atoms with van der Waals surface area (Å²) in [6, 6.07) is 0. The fourth-order valence-electron chi connectivity index (χ4n) is 3.97. The van der Waals surface area contributed by atoms with E-state index >= 15 is 0 Å². The third-order valence-electron chi connectivity index (χ3n) is 5.52. The van der Waals surface area contributed by atoms with Crippen molar-refractivity contribution in [2.75, 3.05) is 60.0 Å². The topological polar surface area (TPSA) is 69.2 Å². The first kappa shape index (κ1) is 26.2. The normalized spacial score (nSPS) is 20.5. The molecule has 0 atom stereocenters. The van der Waals surface area contributed by atoms with Crippen LogP contribution in [0.1, 0.15) is 32.1 Å². The zero-order chi connectivity index (χ0) is 20.6. The Kier molecular flexibility index (Phi) is 11.0. The van der Waals surface area contributed by atoms with Crippen LogP contribution in [-0.4, -0.2) is 93.4 Å². The van der Waals surface area contributed by atoms with Crippen LogP contribution in [0.2, 0.25) is 0 Å². The van der Waals surface area contributed by atoms with Crippen LogP contribution in [0.4, 0.5) is 13.2 Å². The van der Waals surface area contributed by atoms with Crippen molar-refractivity contribution in [1.82, 2.24) is 20.4 Å². The lowest BCUT2D eigenvalue weighted by atomic mass is 9.80. The van der Waals surface area contributed by atoms with E-state index in [2.05, 4.69) is 20.5 Å². The Morgan fingerprint density at radius 1 is 1.17 bits per heavy atom. The molecule has 1 amide bonds. The van der Waals surface area contributed by atoms with Gasteiger partial charge < -0.3 is 20.3 Å². The summed E-state index contributed by atoms with van der Waals surface area (Å²) in [5, 5.41) is 6.12. The number of ether oxygens (including phenoxy) is 1. The van der Waals surface area contributed by atoms with Crippen LogP contribution in [0.25, 0.3) is 0 Å². The molecule has 0 aromatic carbocycles. The van der Waals surface area contributed by atoms with E-state index in [1.165, 1.54) is 19.3 Å². The molecule has 1 aliphatic heterocycles. The Labute approximate surface area is 187 Å². The van der Waals surface area contributed by atoms with Gasteiger partial charge in [0.1, 0.15) is 6.54 Å². The van der Waals surface area contributed by atoms with E-state index in [1.807, 2.05) is 0 Å². The first-order chi connectivity index (χ1) is 13.3. The molecule has 7 nitrogen and oxygen atoms in total. The number of hydrogen-bond acceptors (Lipinski definition) is 4. The quantitative estimate of drug-likeness (QED) is 0.309. The van der Waals surface area contributed by atoms with Crippen molar-refractivity contribution in [2.45, 2.75) is 43.8 Å². The van der Waals surface area contributed by atoms with Gasteiger partial charge in [-0.2, -0.15) is 13.2 Å². The molecule has 0 bridgehead atoms. The van der Waals surface area contributed by atoms with Crippen molar-refractivity contribution < 1.29 is 22.7 Å². The molecule has 2 fully saturated rings. The Morgan fingerprint density at radius 2 is 1.79 bits per heavy atom. The van der Waals surface area contributed by atoms with E-state index in [0.717, 1.165) is 46.2 Å². The van der Waals surface area contributed by atoms with Crippen LogP contribution in [0.3, 0.4) is 0 Å². The predicted octanol–water partition coefficient (Wildman–Crippen LogP) is 1.83. The van der Waals surface area contributed by atoms with Gasteiger partial charge in [0.15, 0.2) is 5.96 Å². The summed E-state index contributed by atoms with van der Waals surface area (Å²) in [6.07, 6.45) is 1.35. The number of amides is 1. The molecule has 11 heteroatoms. The van der Waals surface area contributed by atoms with Gasteiger partial charge in [0.05, 0.1) is 19.8 Å². The molecule has 1 saturated heterocycles. The molecule has 170 valence electrons. The lowest BCUT2D eigenvalue weighted by Crippen LogP contribution is -2.60. The van der Waals surface area contributed by atoms with Crippen LogP contribution in [0, 0.1) is 0 Å². The van der Waals surface area contributed by atoms with E-state index < -0.39 is 18.6 Å². The van der Waals surface area contributed by atoms with Gasteiger partial charge in [-0.15, -0.1) is 24.0 Å². The summed E-state index contributed by atoms with van der Waals surface area (Å²) >= 11 is 0. The highest BCUT2D eigenvalue weighted by Crippen LogP contribution is 2.33. The Balaban J connectivity index is 0.00000420. The minimum atomic E-state index is -4.41. The smallest absolute Gasteiger partial charge is 0.379 e. The number of aliphatic imine (C=N–C) groups is 1. The molecule has 0 spiro atoms. The SMILES string of the molecule is CN=C(NCC(=O)N(C)CC(F)(F)F)NCC1(N2CCOCC2)CCCCC1.I. The second-order valence-corrected chi connectivity index (χ2v) is 7.53. The van der Waals surface area contributed by atoms with Gasteiger partial charge in [-0.25, -0.2) is 0 Å². The van der Waals surface area contributed by atoms with E-state index in [9.17, 15) is 18.0 Å². The number of morpholine rings is 1. The van der Waals surface area contributed by atoms with Crippen molar-refractivity contribution >= 4 is 35.8 Å². The highest BCUT2D eigenvalue weighted by atomic mass is 127. The maximum absolute atomic E-state index is 12.4. The minimum Gasteiger partial charge on any atom is -0.379 e. The Morgan fingerprint density at radius 3 is 2.34 bits per heavy atom. The number of carbonyl (C=O) groups is 1. The van der Waals surface area contributed by atoms with Crippen LogP contribution < -0.4 is 10.6 Å². The van der Waals surface area contributed by atoms with Gasteiger partial charge in [0, 0.05) is 39.3 Å². The third-order valence-corrected chi connectivity index (χ3v) is 5.52. The molecule has 0 aromatic rings. The number of halogens is 4. The zero-order valence-electron chi connectivity index (χ0n) is 17.2. The summed E-state index contributed by atoms with van der Waals surface area (Å²) in [6.45, 7) is 2.43. The molecule has 0 radical (unpaired) electrons. The molecule has 1 aliphatic carbocycles. The Hall–Kier alpha value is -0.820. The average Bonchev–Trinajstić information content (AvgIpc) is 2.68. The number of guanidine groups is 1. The number of nitrogens with one attached hydrogen (secondary N) is 2. The van der Waals surface area contributed by atoms with E-state index in [-0.39, 0.29) is 36.1 Å². The van der Waals surface area contributed by atoms with E-state index in [0.29, 0.717) is 17.4 Å². The predicted molar refractivity (Wildman–Crippen MR) is 117 cm³/mol. The van der Waals surface area contributed by atoms with Gasteiger partial charge in [-0.3, -0.25) is 14.7 Å². The van der Waals surface area contributed by atoms with Gasteiger partial charge in [-0.1, -0.05) is 19.3 Å². The van der Waals surface area contributed by atoms with Crippen molar-refractivity contribution in [3.05, 3.63) is 0 Å². The number of likely N-dealkylation sites (N-methyl/N-ethyl adjacent to an activating group) is 1. The lowest BCUT2D eigenvalue weighted by molar-refractivity contribution is -0.157. The monoisotopic (exact) mass is 535 g/mol. The molecule has 0 unspecified atom stereocenters. The summed E-state index contributed by atoms with van der Waals surface area (Å²) in [5.74, 6) is -0.215. The molecule has 1 heterocycles. The molecule has 2 aliphatic rings. The highest BCUT2D eigenvalue weighted by Gasteiger charge is 2.38. The molecule has 1 saturated carbocycles. The fourth-order valence-corrected chi connectivity index (χ4v) is 3.97. The van der Waals surface area contributed by atoms with Crippen molar-refractivity contribution in [3.8, 4) is 0 Å². The first-order valence-electron chi connectivity index (χ1n) is 9.84. The summed E-state index contributed by atoms with van der Waals surface area (Å²) in [5.41, 5.74) is 0.0245. The van der Waals surface area contributed by atoms with Crippen LogP contribution in [-0.2, 0) is 9.53 Å². The summed E-state index contributed by atoms with van der Waals surface area (Å²) < 4.78 is 42.7. The van der Waals surface area contributed by atoms with Gasteiger partial charge in [0.2, 0.25) is 5.91 Å². The van der Waals surface area contributed by atoms with Crippen LogP contribution >= 0.6 is 24.0 Å². The summed E-state index contributed by atoms with van der Waals surface area (Å²) in [4.78, 5) is 19.2. The number of alkyl halides is 3. The van der Waals surface area contributed by atoms with Crippen molar-refractivity contribution in [2.24, 2.45) is 4.99 Å². The number of nitrogens with zero attached hydrogens (tertiary/aromatic N) is 3. The van der Waals surface area contributed by atoms with Crippen LogP contribution in [0.5, 0.6) is 0 Å². The maximum atomic E-state index is 12.4. The second kappa shape index (κ2) is 12.1. The highest BCUT2D eigenvalue weighted by molar-refractivity contribution is 14.0. The molecule has 0 aromatic heterocycles. The number of hydrogen-bond donors (Lipinski definition) is 2. The van der Waals surface area contributed by atoms with Crippen molar-refractivity contribution in [1.29, 1.82) is 0 Å². The van der Waals surface area contributed by atoms with Gasteiger partial charge in [0.25, 0.3) is 0 Å². The molecule has 2 N–H and O–H groups in total. The number of carbonyl (C=O) groups excluding carboxylic acids is 1. The molecule has 2 rings (SSSR count). The molecular weight excluding hydrogens is 502 g/mol. The van der Waals surface area contributed by atoms with E-state index in [1.54, 1.807) is 7.05 Å². The van der Waals surface area contributed by atoms with Crippen molar-refractivity contribution in [3.63, 3.8) is 0 Å². The summed E-state index contributed by atoms with van der Waals surface area (Å²) in [7, 11) is 2.73. The second-order valence-electron chi connectivity index (χ2n) is 7.53. The number of rotatable bonds is 6. The lowest BCUT2D eigenvalue weighted by Gasteiger charge is -2.48. The maximum Gasteiger partial charge on any atom is 0.406 e. The average molecular weight is 535 g/mol. The molecule has 29 heavy (non-hydrogen) atoms. The fraction of sp³-hybridized carbons (Fsp3) is 0.889. The Bertz CT molecular complexity index is 536. The van der Waals surface area contributed by atoms with Crippen LogP contribution in [0.15, 0.2) is 4.99 Å². The minimum absolute atomic E-state index is 0.